The summed E-state index contributed by atoms with van der Waals surface area (Å²) < 4.78 is 5.67. The first kappa shape index (κ1) is 27.1. The van der Waals surface area contributed by atoms with Crippen LogP contribution in [0.25, 0.3) is 0 Å². The minimum atomic E-state index is -0.504. The highest BCUT2D eigenvalue weighted by molar-refractivity contribution is 5.92. The van der Waals surface area contributed by atoms with Gasteiger partial charge in [-0.3, -0.25) is 4.79 Å². The monoisotopic (exact) mass is 395 g/mol. The number of halogens is 1. The Labute approximate surface area is 169 Å². The van der Waals surface area contributed by atoms with Crippen LogP contribution in [0.2, 0.25) is 0 Å². The Kier molecular flexibility index (Phi) is 15.1. The van der Waals surface area contributed by atoms with Crippen LogP contribution in [0.4, 0.5) is 0 Å². The molecule has 4 N–H and O–H groups in total. The second-order valence-corrected chi connectivity index (χ2v) is 4.86. The molecular weight excluding hydrogens is 362 g/mol. The number of pyridine rings is 1. The second kappa shape index (κ2) is 15.0. The highest BCUT2D eigenvalue weighted by Crippen LogP contribution is 2.32. The van der Waals surface area contributed by atoms with Crippen LogP contribution in [0.3, 0.4) is 0 Å². The zero-order valence-corrected chi connectivity index (χ0v) is 18.1. The van der Waals surface area contributed by atoms with Crippen molar-refractivity contribution in [3.8, 4) is 11.6 Å². The molecule has 3 rings (SSSR count). The van der Waals surface area contributed by atoms with E-state index in [0.717, 1.165) is 18.6 Å². The SMILES string of the molecule is CC.CC.CC.Cl.NC(=O)c1ccc(Oc2ccc3c(c2)CCC3N)nc1. The van der Waals surface area contributed by atoms with Crippen molar-refractivity contribution < 1.29 is 9.53 Å². The van der Waals surface area contributed by atoms with Crippen molar-refractivity contribution in [3.05, 3.63) is 53.2 Å². The molecule has 6 heteroatoms. The quantitative estimate of drug-likeness (QED) is 0.725. The molecule has 1 aliphatic carbocycles. The molecule has 1 aliphatic rings. The van der Waals surface area contributed by atoms with Gasteiger partial charge in [-0.1, -0.05) is 47.6 Å². The lowest BCUT2D eigenvalue weighted by Crippen LogP contribution is -2.10. The van der Waals surface area contributed by atoms with Crippen LogP contribution in [0, 0.1) is 0 Å². The maximum absolute atomic E-state index is 11.0. The first-order valence-electron chi connectivity index (χ1n) is 9.45. The molecule has 0 saturated carbocycles. The van der Waals surface area contributed by atoms with E-state index in [1.54, 1.807) is 12.1 Å². The number of benzene rings is 1. The third-order valence-corrected chi connectivity index (χ3v) is 3.48. The summed E-state index contributed by atoms with van der Waals surface area (Å²) >= 11 is 0. The van der Waals surface area contributed by atoms with Gasteiger partial charge in [-0.2, -0.15) is 0 Å². The number of hydrogen-bond acceptors (Lipinski definition) is 4. The summed E-state index contributed by atoms with van der Waals surface area (Å²) in [5.41, 5.74) is 13.9. The molecular formula is C21H34ClN3O2. The second-order valence-electron chi connectivity index (χ2n) is 4.86. The number of hydrogen-bond donors (Lipinski definition) is 2. The molecule has 1 aromatic heterocycles. The summed E-state index contributed by atoms with van der Waals surface area (Å²) in [6.45, 7) is 12.0. The highest BCUT2D eigenvalue weighted by atomic mass is 35.5. The van der Waals surface area contributed by atoms with Gasteiger partial charge in [-0.25, -0.2) is 4.98 Å². The number of primary amides is 1. The van der Waals surface area contributed by atoms with E-state index in [1.165, 1.54) is 17.3 Å². The van der Waals surface area contributed by atoms with Crippen molar-refractivity contribution in [3.63, 3.8) is 0 Å². The number of fused-ring (bicyclic) bond motifs is 1. The normalized spacial score (nSPS) is 13.1. The van der Waals surface area contributed by atoms with Gasteiger partial charge in [0, 0.05) is 18.3 Å². The summed E-state index contributed by atoms with van der Waals surface area (Å²) in [5.74, 6) is 0.644. The average molecular weight is 396 g/mol. The predicted octanol–water partition coefficient (Wildman–Crippen LogP) is 5.42. The molecule has 0 spiro atoms. The Morgan fingerprint density at radius 2 is 1.70 bits per heavy atom. The van der Waals surface area contributed by atoms with E-state index in [1.807, 2.05) is 59.7 Å². The summed E-state index contributed by atoms with van der Waals surface area (Å²) in [5, 5.41) is 0. The molecule has 1 amide bonds. The van der Waals surface area contributed by atoms with E-state index in [-0.39, 0.29) is 18.4 Å². The Bertz CT molecular complexity index is 661. The topological polar surface area (TPSA) is 91.2 Å². The molecule has 2 aromatic rings. The lowest BCUT2D eigenvalue weighted by molar-refractivity contribution is 0.1000. The van der Waals surface area contributed by atoms with E-state index >= 15 is 0 Å². The summed E-state index contributed by atoms with van der Waals surface area (Å²) in [6, 6.07) is 9.22. The van der Waals surface area contributed by atoms with Crippen LogP contribution in [0.5, 0.6) is 11.6 Å². The van der Waals surface area contributed by atoms with Crippen LogP contribution in [0.15, 0.2) is 36.5 Å². The van der Waals surface area contributed by atoms with Crippen LogP contribution < -0.4 is 16.2 Å². The van der Waals surface area contributed by atoms with Crippen molar-refractivity contribution in [2.75, 3.05) is 0 Å². The minimum absolute atomic E-state index is 0. The van der Waals surface area contributed by atoms with Gasteiger partial charge in [0.15, 0.2) is 0 Å². The van der Waals surface area contributed by atoms with Crippen LogP contribution in [0.1, 0.15) is 75.5 Å². The molecule has 1 unspecified atom stereocenters. The average Bonchev–Trinajstić information content (AvgIpc) is 3.07. The highest BCUT2D eigenvalue weighted by Gasteiger charge is 2.19. The molecule has 0 saturated heterocycles. The molecule has 0 radical (unpaired) electrons. The van der Waals surface area contributed by atoms with Crippen molar-refractivity contribution in [2.45, 2.75) is 60.4 Å². The first-order valence-corrected chi connectivity index (χ1v) is 9.45. The number of aromatic nitrogens is 1. The van der Waals surface area contributed by atoms with Crippen LogP contribution in [-0.2, 0) is 6.42 Å². The number of carbonyl (C=O) groups excluding carboxylic acids is 1. The molecule has 1 heterocycles. The van der Waals surface area contributed by atoms with Gasteiger partial charge < -0.3 is 16.2 Å². The summed E-state index contributed by atoms with van der Waals surface area (Å²) in [4.78, 5) is 15.0. The van der Waals surface area contributed by atoms with E-state index in [4.69, 9.17) is 16.2 Å². The van der Waals surface area contributed by atoms with Gasteiger partial charge in [0.25, 0.3) is 0 Å². The lowest BCUT2D eigenvalue weighted by Gasteiger charge is -2.08. The molecule has 1 atom stereocenters. The van der Waals surface area contributed by atoms with Gasteiger partial charge in [-0.15, -0.1) is 12.4 Å². The molecule has 0 fully saturated rings. The van der Waals surface area contributed by atoms with Crippen LogP contribution in [-0.4, -0.2) is 10.9 Å². The fraction of sp³-hybridized carbons (Fsp3) is 0.429. The van der Waals surface area contributed by atoms with E-state index in [2.05, 4.69) is 4.98 Å². The van der Waals surface area contributed by atoms with E-state index < -0.39 is 5.91 Å². The van der Waals surface area contributed by atoms with Gasteiger partial charge >= 0.3 is 0 Å². The lowest BCUT2D eigenvalue weighted by atomic mass is 10.1. The third kappa shape index (κ3) is 7.97. The largest absolute Gasteiger partial charge is 0.439 e. The van der Waals surface area contributed by atoms with Crippen LogP contribution >= 0.6 is 12.4 Å². The maximum Gasteiger partial charge on any atom is 0.250 e. The zero-order valence-electron chi connectivity index (χ0n) is 17.3. The summed E-state index contributed by atoms with van der Waals surface area (Å²) in [7, 11) is 0. The molecule has 0 aliphatic heterocycles. The number of aryl methyl sites for hydroxylation is 1. The van der Waals surface area contributed by atoms with E-state index in [0.29, 0.717) is 11.4 Å². The molecule has 152 valence electrons. The minimum Gasteiger partial charge on any atom is -0.439 e. The number of nitrogens with zero attached hydrogens (tertiary/aromatic N) is 1. The maximum atomic E-state index is 11.0. The summed E-state index contributed by atoms with van der Waals surface area (Å²) in [6.07, 6.45) is 3.35. The van der Waals surface area contributed by atoms with Gasteiger partial charge in [0.1, 0.15) is 5.75 Å². The molecule has 0 bridgehead atoms. The Morgan fingerprint density at radius 1 is 1.07 bits per heavy atom. The Hall–Kier alpha value is -2.11. The molecule has 5 nitrogen and oxygen atoms in total. The van der Waals surface area contributed by atoms with Crippen molar-refractivity contribution >= 4 is 18.3 Å². The standard InChI is InChI=1S/C15H15N3O2.3C2H6.ClH/c16-13-5-1-9-7-11(3-4-12(9)13)20-14-6-2-10(8-18-14)15(17)19;3*1-2;/h2-4,6-8,13H,1,5,16H2,(H2,17,19);3*1-2H3;1H. The number of rotatable bonds is 3. The van der Waals surface area contributed by atoms with E-state index in [9.17, 15) is 4.79 Å². The number of ether oxygens (including phenoxy) is 1. The van der Waals surface area contributed by atoms with Crippen molar-refractivity contribution in [2.24, 2.45) is 11.5 Å². The fourth-order valence-corrected chi connectivity index (χ4v) is 2.40. The van der Waals surface area contributed by atoms with Gasteiger partial charge in [0.05, 0.1) is 5.56 Å². The van der Waals surface area contributed by atoms with Crippen molar-refractivity contribution in [1.82, 2.24) is 4.98 Å². The smallest absolute Gasteiger partial charge is 0.250 e. The molecule has 1 aromatic carbocycles. The number of nitrogens with two attached hydrogens (primary N) is 2. The number of amides is 1. The Balaban J connectivity index is 0. The Morgan fingerprint density at radius 3 is 2.22 bits per heavy atom. The zero-order chi connectivity index (χ0) is 20.1. The van der Waals surface area contributed by atoms with Gasteiger partial charge in [0.2, 0.25) is 11.8 Å². The fourth-order valence-electron chi connectivity index (χ4n) is 2.40. The first-order chi connectivity index (χ1) is 12.6. The van der Waals surface area contributed by atoms with Crippen molar-refractivity contribution in [1.29, 1.82) is 0 Å². The predicted molar refractivity (Wildman–Crippen MR) is 116 cm³/mol. The third-order valence-electron chi connectivity index (χ3n) is 3.48. The number of carbonyl (C=O) groups is 1. The van der Waals surface area contributed by atoms with Gasteiger partial charge in [-0.05, 0) is 42.2 Å². The molecule has 27 heavy (non-hydrogen) atoms.